The van der Waals surface area contributed by atoms with Crippen LogP contribution in [0.1, 0.15) is 57.4 Å². The maximum atomic E-state index is 13.7. The summed E-state index contributed by atoms with van der Waals surface area (Å²) in [5, 5.41) is 5.51. The number of carbonyl (C=O) groups is 2. The van der Waals surface area contributed by atoms with E-state index in [1.165, 1.54) is 4.31 Å². The summed E-state index contributed by atoms with van der Waals surface area (Å²) in [5.41, 5.74) is 1.40. The van der Waals surface area contributed by atoms with Crippen LogP contribution in [0.3, 0.4) is 0 Å². The van der Waals surface area contributed by atoms with Crippen LogP contribution in [0.15, 0.2) is 59.5 Å². The number of halogens is 2. The number of carbonyl (C=O) groups excluding carboxylic acids is 2. The number of amides is 2. The van der Waals surface area contributed by atoms with Gasteiger partial charge in [0.05, 0.1) is 20.6 Å². The molecule has 0 bridgehead atoms. The van der Waals surface area contributed by atoms with Gasteiger partial charge in [-0.05, 0) is 60.9 Å². The molecule has 1 atom stereocenters. The average molecular weight is 603 g/mol. The van der Waals surface area contributed by atoms with E-state index in [0.29, 0.717) is 38.9 Å². The van der Waals surface area contributed by atoms with Crippen molar-refractivity contribution in [1.82, 2.24) is 10.2 Å². The van der Waals surface area contributed by atoms with Crippen LogP contribution in [0.4, 0.5) is 5.69 Å². The zero-order valence-corrected chi connectivity index (χ0v) is 24.7. The fourth-order valence-corrected chi connectivity index (χ4v) is 7.91. The van der Waals surface area contributed by atoms with Gasteiger partial charge in [0.25, 0.3) is 10.0 Å². The lowest BCUT2D eigenvalue weighted by Crippen LogP contribution is -2.51. The molecule has 40 heavy (non-hydrogen) atoms. The largest absolute Gasteiger partial charge is 0.352 e. The molecule has 10 heteroatoms. The van der Waals surface area contributed by atoms with E-state index in [1.807, 2.05) is 25.1 Å². The Morgan fingerprint density at radius 3 is 2.48 bits per heavy atom. The van der Waals surface area contributed by atoms with Crippen molar-refractivity contribution in [2.24, 2.45) is 0 Å². The molecule has 3 aromatic carbocycles. The average Bonchev–Trinajstić information content (AvgIpc) is 3.52. The zero-order chi connectivity index (χ0) is 28.4. The first-order valence-corrected chi connectivity index (χ1v) is 16.0. The summed E-state index contributed by atoms with van der Waals surface area (Å²) in [6, 6.07) is 15.5. The molecule has 1 saturated carbocycles. The smallest absolute Gasteiger partial charge is 0.265 e. The van der Waals surface area contributed by atoms with Gasteiger partial charge >= 0.3 is 0 Å². The molecular formula is C30H33Cl2N3O4S. The molecular weight excluding hydrogens is 569 g/mol. The third kappa shape index (κ3) is 5.67. The highest BCUT2D eigenvalue weighted by Gasteiger charge is 2.36. The van der Waals surface area contributed by atoms with E-state index in [0.717, 1.165) is 36.6 Å². The summed E-state index contributed by atoms with van der Waals surface area (Å²) in [5.74, 6) is -0.376. The highest BCUT2D eigenvalue weighted by atomic mass is 35.5. The van der Waals surface area contributed by atoms with Gasteiger partial charge in [0.1, 0.15) is 6.04 Å². The van der Waals surface area contributed by atoms with Crippen LogP contribution in [0.2, 0.25) is 10.0 Å². The number of benzene rings is 3. The van der Waals surface area contributed by atoms with Gasteiger partial charge in [-0.3, -0.25) is 13.9 Å². The third-order valence-electron chi connectivity index (χ3n) is 7.86. The Balaban J connectivity index is 1.33. The molecule has 0 saturated heterocycles. The summed E-state index contributed by atoms with van der Waals surface area (Å²) in [7, 11) is -3.70. The Hall–Kier alpha value is -2.81. The van der Waals surface area contributed by atoms with E-state index >= 15 is 0 Å². The summed E-state index contributed by atoms with van der Waals surface area (Å²) in [4.78, 5) is 28.9. The summed E-state index contributed by atoms with van der Waals surface area (Å²) in [6.07, 6.45) is 4.91. The number of hydrogen-bond donors (Lipinski definition) is 1. The first-order chi connectivity index (χ1) is 19.2. The molecule has 2 amide bonds. The SMILES string of the molecule is CCC(C(=O)NC1CCCC1)N(Cc1ccc(Cl)c(Cl)c1)C(=O)CCCN1c2cccc3cccc(c23)S1(=O)=O. The maximum Gasteiger partial charge on any atom is 0.265 e. The van der Waals surface area contributed by atoms with Gasteiger partial charge in [-0.2, -0.15) is 0 Å². The van der Waals surface area contributed by atoms with Crippen molar-refractivity contribution in [2.45, 2.75) is 75.4 Å². The Labute approximate surface area is 245 Å². The Bertz CT molecular complexity index is 1530. The van der Waals surface area contributed by atoms with Gasteiger partial charge in [-0.15, -0.1) is 0 Å². The van der Waals surface area contributed by atoms with E-state index in [2.05, 4.69) is 5.32 Å². The van der Waals surface area contributed by atoms with Crippen LogP contribution in [-0.2, 0) is 26.2 Å². The Morgan fingerprint density at radius 2 is 1.77 bits per heavy atom. The summed E-state index contributed by atoms with van der Waals surface area (Å²) >= 11 is 12.3. The lowest BCUT2D eigenvalue weighted by molar-refractivity contribution is -0.141. The first-order valence-electron chi connectivity index (χ1n) is 13.8. The molecule has 3 aromatic rings. The molecule has 1 fully saturated rings. The normalized spacial score (nSPS) is 16.8. The molecule has 0 spiro atoms. The minimum atomic E-state index is -3.70. The molecule has 2 aliphatic rings. The van der Waals surface area contributed by atoms with Crippen LogP contribution in [0.5, 0.6) is 0 Å². The molecule has 1 aliphatic carbocycles. The molecule has 212 valence electrons. The second kappa shape index (κ2) is 12.0. The molecule has 1 aliphatic heterocycles. The van der Waals surface area contributed by atoms with Gasteiger partial charge in [0, 0.05) is 30.9 Å². The van der Waals surface area contributed by atoms with Crippen LogP contribution >= 0.6 is 23.2 Å². The van der Waals surface area contributed by atoms with Gasteiger partial charge in [0.2, 0.25) is 11.8 Å². The maximum absolute atomic E-state index is 13.7. The quantitative estimate of drug-likeness (QED) is 0.295. The number of rotatable bonds is 10. The van der Waals surface area contributed by atoms with Crippen molar-refractivity contribution in [2.75, 3.05) is 10.8 Å². The predicted octanol–water partition coefficient (Wildman–Crippen LogP) is 6.30. The Kier molecular flexibility index (Phi) is 8.59. The van der Waals surface area contributed by atoms with Crippen LogP contribution in [0.25, 0.3) is 10.8 Å². The van der Waals surface area contributed by atoms with E-state index < -0.39 is 16.1 Å². The third-order valence-corrected chi connectivity index (χ3v) is 10.5. The predicted molar refractivity (Wildman–Crippen MR) is 159 cm³/mol. The van der Waals surface area contributed by atoms with E-state index in [1.54, 1.807) is 41.3 Å². The topological polar surface area (TPSA) is 86.8 Å². The number of hydrogen-bond acceptors (Lipinski definition) is 4. The molecule has 1 N–H and O–H groups in total. The van der Waals surface area contributed by atoms with E-state index in [9.17, 15) is 18.0 Å². The lowest BCUT2D eigenvalue weighted by atomic mass is 10.1. The van der Waals surface area contributed by atoms with Crippen molar-refractivity contribution in [3.05, 3.63) is 70.2 Å². The molecule has 1 unspecified atom stereocenters. The van der Waals surface area contributed by atoms with Crippen molar-refractivity contribution >= 4 is 61.5 Å². The van der Waals surface area contributed by atoms with Crippen LogP contribution in [0, 0.1) is 0 Å². The van der Waals surface area contributed by atoms with Gasteiger partial charge in [-0.25, -0.2) is 8.42 Å². The molecule has 0 aromatic heterocycles. The second-order valence-electron chi connectivity index (χ2n) is 10.5. The van der Waals surface area contributed by atoms with Crippen LogP contribution < -0.4 is 9.62 Å². The van der Waals surface area contributed by atoms with Crippen molar-refractivity contribution in [1.29, 1.82) is 0 Å². The van der Waals surface area contributed by atoms with Crippen molar-refractivity contribution < 1.29 is 18.0 Å². The number of nitrogens with one attached hydrogen (secondary N) is 1. The number of sulfonamides is 1. The second-order valence-corrected chi connectivity index (χ2v) is 13.1. The van der Waals surface area contributed by atoms with Crippen molar-refractivity contribution in [3.8, 4) is 0 Å². The summed E-state index contributed by atoms with van der Waals surface area (Å²) < 4.78 is 28.1. The highest BCUT2D eigenvalue weighted by Crippen LogP contribution is 2.42. The first kappa shape index (κ1) is 28.7. The lowest BCUT2D eigenvalue weighted by Gasteiger charge is -2.32. The number of anilines is 1. The van der Waals surface area contributed by atoms with E-state index in [-0.39, 0.29) is 37.4 Å². The fraction of sp³-hybridized carbons (Fsp3) is 0.400. The van der Waals surface area contributed by atoms with Crippen LogP contribution in [-0.4, -0.2) is 43.8 Å². The fourth-order valence-electron chi connectivity index (χ4n) is 5.84. The molecule has 1 heterocycles. The van der Waals surface area contributed by atoms with E-state index in [4.69, 9.17) is 23.2 Å². The molecule has 0 radical (unpaired) electrons. The van der Waals surface area contributed by atoms with Gasteiger partial charge in [-0.1, -0.05) is 73.3 Å². The monoisotopic (exact) mass is 601 g/mol. The summed E-state index contributed by atoms with van der Waals surface area (Å²) in [6.45, 7) is 2.25. The molecule has 7 nitrogen and oxygen atoms in total. The minimum Gasteiger partial charge on any atom is -0.352 e. The minimum absolute atomic E-state index is 0.0902. The van der Waals surface area contributed by atoms with Crippen molar-refractivity contribution in [3.63, 3.8) is 0 Å². The molecule has 5 rings (SSSR count). The highest BCUT2D eigenvalue weighted by molar-refractivity contribution is 7.93. The Morgan fingerprint density at radius 1 is 1.05 bits per heavy atom. The number of nitrogens with zero attached hydrogens (tertiary/aromatic N) is 2. The zero-order valence-electron chi connectivity index (χ0n) is 22.4. The van der Waals surface area contributed by atoms with Gasteiger partial charge in [0.15, 0.2) is 0 Å². The van der Waals surface area contributed by atoms with Gasteiger partial charge < -0.3 is 10.2 Å². The standard InChI is InChI=1S/C30H33Cl2N3O4S/c1-2-25(30(37)33-22-10-3-4-11-22)34(19-20-15-16-23(31)24(32)18-20)28(36)14-7-17-35-26-12-5-8-21-9-6-13-27(29(21)26)40(35,38)39/h5-6,8-9,12-13,15-16,18,22,25H,2-4,7,10-11,14,17,19H2,1H3,(H,33,37).